The van der Waals surface area contributed by atoms with Crippen LogP contribution >= 0.6 is 11.6 Å². The Hall–Kier alpha value is -1.75. The molecule has 0 spiro atoms. The molecule has 6 heteroatoms. The molecule has 1 aliphatic rings. The summed E-state index contributed by atoms with van der Waals surface area (Å²) < 4.78 is 5.08. The van der Waals surface area contributed by atoms with Crippen molar-refractivity contribution < 1.29 is 14.3 Å². The van der Waals surface area contributed by atoms with Crippen molar-refractivity contribution in [1.82, 2.24) is 5.32 Å². The van der Waals surface area contributed by atoms with E-state index in [-0.39, 0.29) is 18.4 Å². The maximum Gasteiger partial charge on any atom is 0.252 e. The van der Waals surface area contributed by atoms with E-state index >= 15 is 0 Å². The Labute approximate surface area is 122 Å². The van der Waals surface area contributed by atoms with E-state index in [4.69, 9.17) is 16.3 Å². The van der Waals surface area contributed by atoms with Gasteiger partial charge in [0.1, 0.15) is 17.8 Å². The molecule has 20 heavy (non-hydrogen) atoms. The van der Waals surface area contributed by atoms with E-state index in [9.17, 15) is 9.59 Å². The normalized spacial score (nSPS) is 22.7. The highest BCUT2D eigenvalue weighted by atomic mass is 35.5. The SMILES string of the molecule is CCC1(C)NC(=O)CN(c2ccc(OC)c(Cl)c2)C1=O. The Morgan fingerprint density at radius 1 is 1.45 bits per heavy atom. The van der Waals surface area contributed by atoms with Gasteiger partial charge in [0, 0.05) is 5.69 Å². The van der Waals surface area contributed by atoms with E-state index in [2.05, 4.69) is 5.32 Å². The van der Waals surface area contributed by atoms with Gasteiger partial charge < -0.3 is 15.0 Å². The van der Waals surface area contributed by atoms with Crippen molar-refractivity contribution in [2.75, 3.05) is 18.6 Å². The number of hydrogen-bond donors (Lipinski definition) is 1. The molecule has 0 aromatic heterocycles. The van der Waals surface area contributed by atoms with Crippen LogP contribution < -0.4 is 15.0 Å². The summed E-state index contributed by atoms with van der Waals surface area (Å²) in [4.78, 5) is 25.8. The summed E-state index contributed by atoms with van der Waals surface area (Å²) in [7, 11) is 1.52. The number of methoxy groups -OCH3 is 1. The highest BCUT2D eigenvalue weighted by Gasteiger charge is 2.42. The second kappa shape index (κ2) is 5.32. The van der Waals surface area contributed by atoms with Crippen LogP contribution in [0.2, 0.25) is 5.02 Å². The summed E-state index contributed by atoms with van der Waals surface area (Å²) >= 11 is 6.07. The maximum atomic E-state index is 12.5. The van der Waals surface area contributed by atoms with E-state index in [1.165, 1.54) is 12.0 Å². The molecule has 1 unspecified atom stereocenters. The molecule has 0 saturated carbocycles. The number of hydrogen-bond acceptors (Lipinski definition) is 3. The fourth-order valence-electron chi connectivity index (χ4n) is 2.19. The number of benzene rings is 1. The first-order valence-corrected chi connectivity index (χ1v) is 6.75. The topological polar surface area (TPSA) is 58.6 Å². The number of halogens is 1. The molecule has 1 aromatic rings. The van der Waals surface area contributed by atoms with Crippen LogP contribution in [-0.4, -0.2) is 31.0 Å². The molecule has 1 aromatic carbocycles. The third-order valence-corrected chi connectivity index (χ3v) is 3.88. The smallest absolute Gasteiger partial charge is 0.252 e. The maximum absolute atomic E-state index is 12.5. The average molecular weight is 297 g/mol. The van der Waals surface area contributed by atoms with E-state index in [1.807, 2.05) is 6.92 Å². The van der Waals surface area contributed by atoms with Crippen molar-refractivity contribution in [3.8, 4) is 5.75 Å². The zero-order chi connectivity index (χ0) is 14.9. The number of ether oxygens (including phenoxy) is 1. The van der Waals surface area contributed by atoms with Gasteiger partial charge in [-0.25, -0.2) is 0 Å². The fourth-order valence-corrected chi connectivity index (χ4v) is 2.44. The number of rotatable bonds is 3. The van der Waals surface area contributed by atoms with E-state index in [1.54, 1.807) is 25.1 Å². The van der Waals surface area contributed by atoms with Crippen LogP contribution in [0.1, 0.15) is 20.3 Å². The fraction of sp³-hybridized carbons (Fsp3) is 0.429. The van der Waals surface area contributed by atoms with Gasteiger partial charge in [0.25, 0.3) is 5.91 Å². The Bertz CT molecular complexity index is 561. The lowest BCUT2D eigenvalue weighted by molar-refractivity contribution is -0.135. The van der Waals surface area contributed by atoms with Gasteiger partial charge in [0.05, 0.1) is 12.1 Å². The Morgan fingerprint density at radius 2 is 2.15 bits per heavy atom. The summed E-state index contributed by atoms with van der Waals surface area (Å²) in [5.41, 5.74) is -0.280. The van der Waals surface area contributed by atoms with Crippen molar-refractivity contribution >= 4 is 29.1 Å². The predicted molar refractivity (Wildman–Crippen MR) is 77.2 cm³/mol. The van der Waals surface area contributed by atoms with E-state index in [0.29, 0.717) is 22.9 Å². The van der Waals surface area contributed by atoms with Crippen LogP contribution in [0, 0.1) is 0 Å². The van der Waals surface area contributed by atoms with Gasteiger partial charge in [0.15, 0.2) is 0 Å². The van der Waals surface area contributed by atoms with Crippen LogP contribution in [0.5, 0.6) is 5.75 Å². The number of nitrogens with one attached hydrogen (secondary N) is 1. The Morgan fingerprint density at radius 3 is 2.70 bits per heavy atom. The van der Waals surface area contributed by atoms with Gasteiger partial charge in [-0.1, -0.05) is 18.5 Å². The van der Waals surface area contributed by atoms with Crippen molar-refractivity contribution in [3.63, 3.8) is 0 Å². The van der Waals surface area contributed by atoms with Gasteiger partial charge in [-0.3, -0.25) is 9.59 Å². The molecule has 5 nitrogen and oxygen atoms in total. The van der Waals surface area contributed by atoms with Crippen LogP contribution in [0.15, 0.2) is 18.2 Å². The minimum absolute atomic E-state index is 0.00290. The number of carbonyl (C=O) groups is 2. The molecule has 0 aliphatic carbocycles. The van der Waals surface area contributed by atoms with Crippen molar-refractivity contribution in [1.29, 1.82) is 0 Å². The number of amides is 2. The Balaban J connectivity index is 2.38. The minimum Gasteiger partial charge on any atom is -0.495 e. The number of nitrogens with zero attached hydrogens (tertiary/aromatic N) is 1. The molecule has 1 heterocycles. The van der Waals surface area contributed by atoms with Gasteiger partial charge in [-0.2, -0.15) is 0 Å². The van der Waals surface area contributed by atoms with Crippen LogP contribution in [0.4, 0.5) is 5.69 Å². The molecule has 2 rings (SSSR count). The standard InChI is InChI=1S/C14H17ClN2O3/c1-4-14(2)13(19)17(8-12(18)16-14)9-5-6-11(20-3)10(15)7-9/h5-7H,4,8H2,1-3H3,(H,16,18). The van der Waals surface area contributed by atoms with Crippen molar-refractivity contribution in [2.24, 2.45) is 0 Å². The molecule has 0 bridgehead atoms. The number of carbonyl (C=O) groups excluding carboxylic acids is 2. The summed E-state index contributed by atoms with van der Waals surface area (Å²) in [6, 6.07) is 5.03. The molecule has 1 fully saturated rings. The first kappa shape index (κ1) is 14.7. The molecule has 0 radical (unpaired) electrons. The molecule has 1 atom stereocenters. The lowest BCUT2D eigenvalue weighted by atomic mass is 9.94. The van der Waals surface area contributed by atoms with Crippen LogP contribution in [0.25, 0.3) is 0 Å². The second-order valence-electron chi connectivity index (χ2n) is 4.94. The molecule has 1 aliphatic heterocycles. The molecular weight excluding hydrogens is 280 g/mol. The van der Waals surface area contributed by atoms with Gasteiger partial charge in [-0.05, 0) is 31.5 Å². The zero-order valence-electron chi connectivity index (χ0n) is 11.7. The molecule has 2 amide bonds. The summed E-state index contributed by atoms with van der Waals surface area (Å²) in [6.07, 6.45) is 0.526. The number of piperazine rings is 1. The monoisotopic (exact) mass is 296 g/mol. The number of anilines is 1. The third kappa shape index (κ3) is 2.45. The first-order chi connectivity index (χ1) is 9.41. The zero-order valence-corrected chi connectivity index (χ0v) is 12.5. The first-order valence-electron chi connectivity index (χ1n) is 6.38. The van der Waals surface area contributed by atoms with E-state index < -0.39 is 5.54 Å². The average Bonchev–Trinajstić information content (AvgIpc) is 2.42. The highest BCUT2D eigenvalue weighted by molar-refractivity contribution is 6.32. The quantitative estimate of drug-likeness (QED) is 0.928. The lowest BCUT2D eigenvalue weighted by Crippen LogP contribution is -2.65. The Kier molecular flexibility index (Phi) is 3.90. The molecular formula is C14H17ClN2O3. The van der Waals surface area contributed by atoms with E-state index in [0.717, 1.165) is 0 Å². The summed E-state index contributed by atoms with van der Waals surface area (Å²) in [5, 5.41) is 3.15. The third-order valence-electron chi connectivity index (χ3n) is 3.59. The second-order valence-corrected chi connectivity index (χ2v) is 5.35. The summed E-state index contributed by atoms with van der Waals surface area (Å²) in [6.45, 7) is 3.59. The molecule has 108 valence electrons. The largest absolute Gasteiger partial charge is 0.495 e. The highest BCUT2D eigenvalue weighted by Crippen LogP contribution is 2.31. The van der Waals surface area contributed by atoms with Gasteiger partial charge >= 0.3 is 0 Å². The van der Waals surface area contributed by atoms with Crippen molar-refractivity contribution in [3.05, 3.63) is 23.2 Å². The molecule has 1 N–H and O–H groups in total. The lowest BCUT2D eigenvalue weighted by Gasteiger charge is -2.39. The minimum atomic E-state index is -0.873. The summed E-state index contributed by atoms with van der Waals surface area (Å²) in [5.74, 6) is 0.212. The van der Waals surface area contributed by atoms with Crippen molar-refractivity contribution in [2.45, 2.75) is 25.8 Å². The van der Waals surface area contributed by atoms with Crippen LogP contribution in [0.3, 0.4) is 0 Å². The van der Waals surface area contributed by atoms with Crippen LogP contribution in [-0.2, 0) is 9.59 Å². The molecule has 1 saturated heterocycles. The predicted octanol–water partition coefficient (Wildman–Crippen LogP) is 1.98. The van der Waals surface area contributed by atoms with Gasteiger partial charge in [-0.15, -0.1) is 0 Å². The van der Waals surface area contributed by atoms with Gasteiger partial charge in [0.2, 0.25) is 5.91 Å².